The third-order valence-electron chi connectivity index (χ3n) is 6.64. The molecule has 7 nitrogen and oxygen atoms in total. The van der Waals surface area contributed by atoms with Crippen LogP contribution in [0.5, 0.6) is 0 Å². The normalized spacial score (nSPS) is 18.8. The van der Waals surface area contributed by atoms with Gasteiger partial charge in [-0.05, 0) is 63.7 Å². The number of piperazine rings is 1. The van der Waals surface area contributed by atoms with Crippen molar-refractivity contribution in [3.63, 3.8) is 0 Å². The SMILES string of the molecule is CCC(=O)N1CCN(CCCCN2C(=S)N(c3ccc(C#N)c(C(F)(F)F)c3)C(=O)C2(C)C)CC1. The molecule has 2 heterocycles. The number of benzene rings is 1. The predicted octanol–water partition coefficient (Wildman–Crippen LogP) is 3.62. The number of hydrogen-bond donors (Lipinski definition) is 0. The Morgan fingerprint density at radius 1 is 1.14 bits per heavy atom. The maximum Gasteiger partial charge on any atom is 0.417 e. The molecule has 11 heteroatoms. The number of unbranched alkanes of at least 4 members (excludes halogenated alkanes) is 1. The lowest BCUT2D eigenvalue weighted by Gasteiger charge is -2.35. The van der Waals surface area contributed by atoms with Gasteiger partial charge in [0.25, 0.3) is 5.91 Å². The molecular weight excluding hydrogens is 479 g/mol. The number of carbonyl (C=O) groups excluding carboxylic acids is 2. The molecule has 2 aliphatic heterocycles. The Hall–Kier alpha value is -2.71. The molecule has 2 saturated heterocycles. The van der Waals surface area contributed by atoms with E-state index in [0.29, 0.717) is 13.0 Å². The highest BCUT2D eigenvalue weighted by Crippen LogP contribution is 2.37. The van der Waals surface area contributed by atoms with Crippen LogP contribution in [0.4, 0.5) is 18.9 Å². The van der Waals surface area contributed by atoms with Gasteiger partial charge in [0.05, 0.1) is 22.9 Å². The van der Waals surface area contributed by atoms with E-state index in [1.165, 1.54) is 6.07 Å². The number of nitriles is 1. The van der Waals surface area contributed by atoms with E-state index >= 15 is 0 Å². The summed E-state index contributed by atoms with van der Waals surface area (Å²) < 4.78 is 40.3. The Balaban J connectivity index is 1.63. The molecule has 190 valence electrons. The molecule has 2 aliphatic rings. The molecule has 0 aliphatic carbocycles. The Bertz CT molecular complexity index is 1030. The topological polar surface area (TPSA) is 70.9 Å². The molecule has 0 unspecified atom stereocenters. The van der Waals surface area contributed by atoms with Crippen LogP contribution in [0.15, 0.2) is 18.2 Å². The summed E-state index contributed by atoms with van der Waals surface area (Å²) in [5.74, 6) is -0.231. The number of rotatable bonds is 7. The fourth-order valence-electron chi connectivity index (χ4n) is 4.49. The van der Waals surface area contributed by atoms with Gasteiger partial charge in [-0.15, -0.1) is 0 Å². The minimum Gasteiger partial charge on any atom is -0.340 e. The number of amides is 2. The van der Waals surface area contributed by atoms with Crippen molar-refractivity contribution in [3.05, 3.63) is 29.3 Å². The second-order valence-corrected chi connectivity index (χ2v) is 9.62. The van der Waals surface area contributed by atoms with Crippen LogP contribution in [0.25, 0.3) is 0 Å². The van der Waals surface area contributed by atoms with Crippen LogP contribution in [0, 0.1) is 11.3 Å². The summed E-state index contributed by atoms with van der Waals surface area (Å²) in [6, 6.07) is 4.75. The summed E-state index contributed by atoms with van der Waals surface area (Å²) >= 11 is 5.53. The van der Waals surface area contributed by atoms with Gasteiger partial charge in [-0.2, -0.15) is 18.4 Å². The molecule has 0 bridgehead atoms. The number of anilines is 1. The minimum atomic E-state index is -4.73. The number of carbonyl (C=O) groups is 2. The van der Waals surface area contributed by atoms with Crippen molar-refractivity contribution >= 4 is 34.8 Å². The van der Waals surface area contributed by atoms with Gasteiger partial charge in [0, 0.05) is 39.1 Å². The average molecular weight is 510 g/mol. The predicted molar refractivity (Wildman–Crippen MR) is 130 cm³/mol. The molecule has 0 aromatic heterocycles. The number of hydrogen-bond acceptors (Lipinski definition) is 5. The van der Waals surface area contributed by atoms with Crippen LogP contribution in [0.3, 0.4) is 0 Å². The highest BCUT2D eigenvalue weighted by Gasteiger charge is 2.49. The lowest BCUT2D eigenvalue weighted by molar-refractivity contribution is -0.138. The van der Waals surface area contributed by atoms with E-state index < -0.39 is 28.7 Å². The average Bonchev–Trinajstić information content (AvgIpc) is 2.99. The fraction of sp³-hybridized carbons (Fsp3) is 0.583. The molecule has 35 heavy (non-hydrogen) atoms. The number of nitrogens with zero attached hydrogens (tertiary/aromatic N) is 5. The molecule has 0 saturated carbocycles. The largest absolute Gasteiger partial charge is 0.417 e. The van der Waals surface area contributed by atoms with Crippen molar-refractivity contribution in [2.45, 2.75) is 51.7 Å². The Labute approximate surface area is 209 Å². The second-order valence-electron chi connectivity index (χ2n) is 9.26. The van der Waals surface area contributed by atoms with Gasteiger partial charge in [0.15, 0.2) is 5.11 Å². The third-order valence-corrected chi connectivity index (χ3v) is 7.05. The van der Waals surface area contributed by atoms with Gasteiger partial charge in [0.2, 0.25) is 5.91 Å². The highest BCUT2D eigenvalue weighted by atomic mass is 32.1. The van der Waals surface area contributed by atoms with E-state index in [0.717, 1.165) is 62.6 Å². The molecule has 0 N–H and O–H groups in total. The van der Waals surface area contributed by atoms with E-state index in [2.05, 4.69) is 4.90 Å². The zero-order chi connectivity index (χ0) is 26.0. The molecule has 0 atom stereocenters. The highest BCUT2D eigenvalue weighted by molar-refractivity contribution is 7.80. The van der Waals surface area contributed by atoms with Crippen molar-refractivity contribution in [1.82, 2.24) is 14.7 Å². The van der Waals surface area contributed by atoms with E-state index in [1.807, 2.05) is 11.8 Å². The summed E-state index contributed by atoms with van der Waals surface area (Å²) in [7, 11) is 0. The molecule has 0 spiro atoms. The molecule has 3 rings (SSSR count). The van der Waals surface area contributed by atoms with Gasteiger partial charge >= 0.3 is 6.18 Å². The summed E-state index contributed by atoms with van der Waals surface area (Å²) in [5, 5.41) is 9.20. The summed E-state index contributed by atoms with van der Waals surface area (Å²) in [4.78, 5) is 32.1. The molecule has 1 aromatic rings. The molecule has 2 fully saturated rings. The van der Waals surface area contributed by atoms with Crippen molar-refractivity contribution in [2.24, 2.45) is 0 Å². The maximum atomic E-state index is 13.4. The maximum absolute atomic E-state index is 13.4. The summed E-state index contributed by atoms with van der Waals surface area (Å²) in [5.41, 5.74) is -2.60. The van der Waals surface area contributed by atoms with Gasteiger partial charge in [0.1, 0.15) is 5.54 Å². The Morgan fingerprint density at radius 2 is 1.77 bits per heavy atom. The van der Waals surface area contributed by atoms with Gasteiger partial charge in [-0.1, -0.05) is 6.92 Å². The lowest BCUT2D eigenvalue weighted by atomic mass is 10.0. The third kappa shape index (κ3) is 5.59. The first-order valence-corrected chi connectivity index (χ1v) is 12.1. The summed E-state index contributed by atoms with van der Waals surface area (Å²) in [6.45, 7) is 9.73. The number of halogens is 3. The first-order chi connectivity index (χ1) is 16.4. The zero-order valence-electron chi connectivity index (χ0n) is 20.2. The second kappa shape index (κ2) is 10.5. The molecule has 2 amide bonds. The lowest BCUT2D eigenvalue weighted by Crippen LogP contribution is -2.48. The van der Waals surface area contributed by atoms with Crippen molar-refractivity contribution < 1.29 is 22.8 Å². The monoisotopic (exact) mass is 509 g/mol. The first kappa shape index (κ1) is 26.9. The fourth-order valence-corrected chi connectivity index (χ4v) is 5.00. The van der Waals surface area contributed by atoms with E-state index in [-0.39, 0.29) is 16.7 Å². The number of thiocarbonyl (C=S) groups is 1. The van der Waals surface area contributed by atoms with Gasteiger partial charge in [-0.3, -0.25) is 19.4 Å². The van der Waals surface area contributed by atoms with Crippen molar-refractivity contribution in [2.75, 3.05) is 44.2 Å². The van der Waals surface area contributed by atoms with Crippen LogP contribution in [-0.4, -0.2) is 76.4 Å². The Kier molecular flexibility index (Phi) is 8.07. The number of alkyl halides is 3. The smallest absolute Gasteiger partial charge is 0.340 e. The first-order valence-electron chi connectivity index (χ1n) is 11.7. The standard InChI is InChI=1S/C24H30F3N5O2S/c1-4-20(33)30-13-11-29(12-14-30)9-5-6-10-31-22(35)32(21(34)23(31,2)3)18-8-7-17(16-28)19(15-18)24(25,26)27/h7-8,15H,4-6,9-14H2,1-3H3. The zero-order valence-corrected chi connectivity index (χ0v) is 21.0. The van der Waals surface area contributed by atoms with Crippen molar-refractivity contribution in [3.8, 4) is 6.07 Å². The van der Waals surface area contributed by atoms with E-state index in [9.17, 15) is 22.8 Å². The van der Waals surface area contributed by atoms with E-state index in [1.54, 1.807) is 24.8 Å². The Morgan fingerprint density at radius 3 is 2.34 bits per heavy atom. The van der Waals surface area contributed by atoms with Gasteiger partial charge < -0.3 is 9.80 Å². The molecule has 1 aromatic carbocycles. The summed E-state index contributed by atoms with van der Waals surface area (Å²) in [6.07, 6.45) is -2.60. The van der Waals surface area contributed by atoms with Gasteiger partial charge in [-0.25, -0.2) is 0 Å². The van der Waals surface area contributed by atoms with Crippen LogP contribution < -0.4 is 4.90 Å². The van der Waals surface area contributed by atoms with Crippen LogP contribution in [0.2, 0.25) is 0 Å². The quantitative estimate of drug-likeness (QED) is 0.413. The van der Waals surface area contributed by atoms with Crippen LogP contribution >= 0.6 is 12.2 Å². The minimum absolute atomic E-state index is 0.00129. The van der Waals surface area contributed by atoms with Crippen LogP contribution in [0.1, 0.15) is 51.2 Å². The van der Waals surface area contributed by atoms with Crippen LogP contribution in [-0.2, 0) is 15.8 Å². The molecular formula is C24H30F3N5O2S. The van der Waals surface area contributed by atoms with Crippen molar-refractivity contribution in [1.29, 1.82) is 5.26 Å². The molecule has 0 radical (unpaired) electrons. The van der Waals surface area contributed by atoms with E-state index in [4.69, 9.17) is 17.5 Å².